The first-order valence-corrected chi connectivity index (χ1v) is 11.8. The standard InChI is InChI=1S/C23H44O4/c1-3-5-6-7-8-9-10-11-16-23(26-4-2)21(15-13-18-27-23)14-12-17-24-19-22-20-25-22/h21-22H,3-20H2,1-2H3/t21?,22?,23-/m1/s1. The van der Waals surface area contributed by atoms with Gasteiger partial charge in [-0.05, 0) is 39.0 Å². The molecule has 0 bridgehead atoms. The molecule has 0 aromatic heterocycles. The summed E-state index contributed by atoms with van der Waals surface area (Å²) in [7, 11) is 0. The van der Waals surface area contributed by atoms with Crippen LogP contribution in [0.4, 0.5) is 0 Å². The van der Waals surface area contributed by atoms with Crippen LogP contribution in [-0.2, 0) is 18.9 Å². The molecule has 0 amide bonds. The molecule has 0 radical (unpaired) electrons. The lowest BCUT2D eigenvalue weighted by Crippen LogP contribution is -2.47. The summed E-state index contributed by atoms with van der Waals surface area (Å²) in [5.74, 6) is 0.172. The molecule has 2 saturated heterocycles. The van der Waals surface area contributed by atoms with Crippen LogP contribution in [-0.4, -0.2) is 44.9 Å². The van der Waals surface area contributed by atoms with Crippen molar-refractivity contribution < 1.29 is 18.9 Å². The molecule has 3 atom stereocenters. The fourth-order valence-corrected chi connectivity index (χ4v) is 4.35. The van der Waals surface area contributed by atoms with Crippen LogP contribution in [0, 0.1) is 5.92 Å². The van der Waals surface area contributed by atoms with E-state index in [9.17, 15) is 0 Å². The lowest BCUT2D eigenvalue weighted by atomic mass is 9.83. The van der Waals surface area contributed by atoms with E-state index in [4.69, 9.17) is 18.9 Å². The summed E-state index contributed by atoms with van der Waals surface area (Å²) in [4.78, 5) is 0. The predicted molar refractivity (Wildman–Crippen MR) is 110 cm³/mol. The van der Waals surface area contributed by atoms with E-state index in [1.807, 2.05) is 0 Å². The minimum Gasteiger partial charge on any atom is -0.379 e. The number of hydrogen-bond donors (Lipinski definition) is 0. The monoisotopic (exact) mass is 384 g/mol. The molecule has 0 aromatic carbocycles. The Hall–Kier alpha value is -0.160. The van der Waals surface area contributed by atoms with Gasteiger partial charge in [0.05, 0.1) is 19.8 Å². The quantitative estimate of drug-likeness (QED) is 0.232. The number of hydrogen-bond acceptors (Lipinski definition) is 4. The molecular weight excluding hydrogens is 340 g/mol. The van der Waals surface area contributed by atoms with Crippen molar-refractivity contribution in [2.24, 2.45) is 5.92 Å². The molecule has 0 aliphatic carbocycles. The Morgan fingerprint density at radius 3 is 2.41 bits per heavy atom. The van der Waals surface area contributed by atoms with Gasteiger partial charge >= 0.3 is 0 Å². The summed E-state index contributed by atoms with van der Waals surface area (Å²) in [5, 5.41) is 0. The van der Waals surface area contributed by atoms with Gasteiger partial charge in [0.15, 0.2) is 5.79 Å². The van der Waals surface area contributed by atoms with Crippen molar-refractivity contribution >= 4 is 0 Å². The largest absolute Gasteiger partial charge is 0.379 e. The number of epoxide rings is 1. The van der Waals surface area contributed by atoms with Gasteiger partial charge in [0.2, 0.25) is 0 Å². The molecule has 4 heteroatoms. The number of rotatable bonds is 17. The maximum Gasteiger partial charge on any atom is 0.171 e. The van der Waals surface area contributed by atoms with Gasteiger partial charge in [-0.15, -0.1) is 0 Å². The van der Waals surface area contributed by atoms with Crippen molar-refractivity contribution in [1.82, 2.24) is 0 Å². The zero-order chi connectivity index (χ0) is 19.2. The zero-order valence-electron chi connectivity index (χ0n) is 18.0. The third kappa shape index (κ3) is 9.25. The van der Waals surface area contributed by atoms with Crippen molar-refractivity contribution in [2.45, 2.75) is 109 Å². The molecule has 2 aliphatic rings. The van der Waals surface area contributed by atoms with Crippen LogP contribution in [0.2, 0.25) is 0 Å². The molecule has 0 saturated carbocycles. The fraction of sp³-hybridized carbons (Fsp3) is 1.00. The van der Waals surface area contributed by atoms with Crippen LogP contribution >= 0.6 is 0 Å². The van der Waals surface area contributed by atoms with Crippen molar-refractivity contribution in [3.05, 3.63) is 0 Å². The fourth-order valence-electron chi connectivity index (χ4n) is 4.35. The van der Waals surface area contributed by atoms with Crippen LogP contribution < -0.4 is 0 Å². The van der Waals surface area contributed by atoms with E-state index < -0.39 is 0 Å². The lowest BCUT2D eigenvalue weighted by Gasteiger charge is -2.44. The van der Waals surface area contributed by atoms with E-state index in [0.717, 1.165) is 58.7 Å². The summed E-state index contributed by atoms with van der Waals surface area (Å²) in [5.41, 5.74) is 0. The van der Waals surface area contributed by atoms with Gasteiger partial charge in [-0.2, -0.15) is 0 Å². The molecular formula is C23H44O4. The summed E-state index contributed by atoms with van der Waals surface area (Å²) < 4.78 is 23.5. The van der Waals surface area contributed by atoms with Crippen molar-refractivity contribution in [2.75, 3.05) is 33.0 Å². The Labute approximate surface area is 167 Å². The molecule has 2 rings (SSSR count). The first-order chi connectivity index (χ1) is 13.3. The predicted octanol–water partition coefficient (Wildman–Crippen LogP) is 5.87. The maximum atomic E-state index is 6.30. The van der Waals surface area contributed by atoms with Gasteiger partial charge in [0.25, 0.3) is 0 Å². The van der Waals surface area contributed by atoms with Gasteiger partial charge in [-0.3, -0.25) is 0 Å². The first-order valence-electron chi connectivity index (χ1n) is 11.8. The molecule has 27 heavy (non-hydrogen) atoms. The molecule has 2 aliphatic heterocycles. The van der Waals surface area contributed by atoms with Crippen LogP contribution in [0.1, 0.15) is 97.3 Å². The molecule has 4 nitrogen and oxygen atoms in total. The molecule has 2 unspecified atom stereocenters. The summed E-state index contributed by atoms with van der Waals surface area (Å²) in [6.07, 6.45) is 16.8. The Kier molecular flexibility index (Phi) is 11.9. The van der Waals surface area contributed by atoms with Crippen molar-refractivity contribution in [3.8, 4) is 0 Å². The van der Waals surface area contributed by atoms with Gasteiger partial charge in [0.1, 0.15) is 6.10 Å². The highest BCUT2D eigenvalue weighted by atomic mass is 16.7. The second-order valence-corrected chi connectivity index (χ2v) is 8.33. The van der Waals surface area contributed by atoms with E-state index in [-0.39, 0.29) is 5.79 Å². The summed E-state index contributed by atoms with van der Waals surface area (Å²) in [6.45, 7) is 8.44. The minimum atomic E-state index is -0.338. The molecule has 0 aromatic rings. The maximum absolute atomic E-state index is 6.30. The number of unbranched alkanes of at least 4 members (excludes halogenated alkanes) is 7. The van der Waals surface area contributed by atoms with E-state index in [0.29, 0.717) is 12.0 Å². The van der Waals surface area contributed by atoms with Gasteiger partial charge < -0.3 is 18.9 Å². The molecule has 0 N–H and O–H groups in total. The topological polar surface area (TPSA) is 40.2 Å². The average molecular weight is 385 g/mol. The molecule has 0 spiro atoms. The van der Waals surface area contributed by atoms with Gasteiger partial charge in [-0.1, -0.05) is 51.9 Å². The third-order valence-corrected chi connectivity index (χ3v) is 5.98. The average Bonchev–Trinajstić information content (AvgIpc) is 3.50. The van der Waals surface area contributed by atoms with E-state index in [2.05, 4.69) is 13.8 Å². The highest BCUT2D eigenvalue weighted by molar-refractivity contribution is 4.83. The Balaban J connectivity index is 1.66. The minimum absolute atomic E-state index is 0.338. The van der Waals surface area contributed by atoms with Crippen LogP contribution in [0.25, 0.3) is 0 Å². The smallest absolute Gasteiger partial charge is 0.171 e. The zero-order valence-corrected chi connectivity index (χ0v) is 18.0. The van der Waals surface area contributed by atoms with Crippen LogP contribution in [0.3, 0.4) is 0 Å². The highest BCUT2D eigenvalue weighted by Gasteiger charge is 2.42. The third-order valence-electron chi connectivity index (χ3n) is 5.98. The normalized spacial score (nSPS) is 27.8. The molecule has 160 valence electrons. The van der Waals surface area contributed by atoms with Crippen LogP contribution in [0.15, 0.2) is 0 Å². The first kappa shape index (κ1) is 23.1. The van der Waals surface area contributed by atoms with Gasteiger partial charge in [-0.25, -0.2) is 0 Å². The van der Waals surface area contributed by atoms with E-state index >= 15 is 0 Å². The summed E-state index contributed by atoms with van der Waals surface area (Å²) in [6, 6.07) is 0. The summed E-state index contributed by atoms with van der Waals surface area (Å²) >= 11 is 0. The number of ether oxygens (including phenoxy) is 4. The van der Waals surface area contributed by atoms with Crippen molar-refractivity contribution in [1.29, 1.82) is 0 Å². The highest BCUT2D eigenvalue weighted by Crippen LogP contribution is 2.39. The Morgan fingerprint density at radius 2 is 1.70 bits per heavy atom. The van der Waals surface area contributed by atoms with E-state index in [1.54, 1.807) is 0 Å². The Bertz CT molecular complexity index is 354. The van der Waals surface area contributed by atoms with E-state index in [1.165, 1.54) is 57.8 Å². The lowest BCUT2D eigenvalue weighted by molar-refractivity contribution is -0.288. The second-order valence-electron chi connectivity index (χ2n) is 8.33. The second kappa shape index (κ2) is 13.9. The van der Waals surface area contributed by atoms with Gasteiger partial charge in [0, 0.05) is 25.6 Å². The van der Waals surface area contributed by atoms with Crippen LogP contribution in [0.5, 0.6) is 0 Å². The molecule has 2 heterocycles. The van der Waals surface area contributed by atoms with Crippen molar-refractivity contribution in [3.63, 3.8) is 0 Å². The Morgan fingerprint density at radius 1 is 0.963 bits per heavy atom. The SMILES string of the molecule is CCCCCCCCCC[C@@]1(OCC)OCCCC1CCCOCC1CO1. The molecule has 2 fully saturated rings.